The fourth-order valence-electron chi connectivity index (χ4n) is 3.12. The smallest absolute Gasteiger partial charge is 0.240 e. The van der Waals surface area contributed by atoms with Crippen molar-refractivity contribution >= 4 is 22.4 Å². The number of likely N-dealkylation sites (N-methyl/N-ethyl adjacent to an activating group) is 1. The molecule has 1 heterocycles. The first kappa shape index (κ1) is 22.5. The van der Waals surface area contributed by atoms with Crippen LogP contribution in [0.1, 0.15) is 5.56 Å². The van der Waals surface area contributed by atoms with E-state index in [1.54, 1.807) is 39.5 Å². The van der Waals surface area contributed by atoms with E-state index in [0.29, 0.717) is 34.6 Å². The van der Waals surface area contributed by atoms with E-state index in [4.69, 9.17) is 14.2 Å². The predicted molar refractivity (Wildman–Crippen MR) is 119 cm³/mol. The zero-order chi connectivity index (χ0) is 22.4. The lowest BCUT2D eigenvalue weighted by molar-refractivity contribution is -0.117. The van der Waals surface area contributed by atoms with Crippen molar-refractivity contribution in [3.05, 3.63) is 53.2 Å². The number of thiazole rings is 1. The minimum atomic E-state index is -0.304. The summed E-state index contributed by atoms with van der Waals surface area (Å²) < 4.78 is 29.3. The highest BCUT2D eigenvalue weighted by Crippen LogP contribution is 2.40. The standard InChI is InChI=1S/C22H24FN3O4S/c1-26(11-15-7-10-18(28-2)21(30-4)20(15)29-3)12-19(27)25-22-24-17(13-31-22)14-5-8-16(23)9-6-14/h5-10,13H,11-12H2,1-4H3,(H,24,25,27). The molecule has 1 N–H and O–H groups in total. The van der Waals surface area contributed by atoms with E-state index in [1.165, 1.54) is 23.5 Å². The molecule has 7 nitrogen and oxygen atoms in total. The molecule has 3 aromatic rings. The molecule has 0 fully saturated rings. The minimum absolute atomic E-state index is 0.156. The molecule has 1 aromatic heterocycles. The van der Waals surface area contributed by atoms with Crippen molar-refractivity contribution in [2.24, 2.45) is 0 Å². The summed E-state index contributed by atoms with van der Waals surface area (Å²) in [4.78, 5) is 18.7. The van der Waals surface area contributed by atoms with Gasteiger partial charge in [-0.3, -0.25) is 9.69 Å². The summed E-state index contributed by atoms with van der Waals surface area (Å²) in [5.41, 5.74) is 2.34. The normalized spacial score (nSPS) is 10.8. The summed E-state index contributed by atoms with van der Waals surface area (Å²) in [7, 11) is 6.51. The average Bonchev–Trinajstić information content (AvgIpc) is 3.21. The summed E-state index contributed by atoms with van der Waals surface area (Å²) >= 11 is 1.32. The monoisotopic (exact) mass is 445 g/mol. The van der Waals surface area contributed by atoms with E-state index >= 15 is 0 Å². The average molecular weight is 446 g/mol. The third-order valence-electron chi connectivity index (χ3n) is 4.53. The molecular formula is C22H24FN3O4S. The number of ether oxygens (including phenoxy) is 3. The largest absolute Gasteiger partial charge is 0.493 e. The highest BCUT2D eigenvalue weighted by molar-refractivity contribution is 7.14. The number of nitrogens with one attached hydrogen (secondary N) is 1. The molecule has 2 aromatic carbocycles. The van der Waals surface area contributed by atoms with Gasteiger partial charge in [-0.25, -0.2) is 9.37 Å². The van der Waals surface area contributed by atoms with Gasteiger partial charge in [0.25, 0.3) is 0 Å². The molecule has 0 aliphatic carbocycles. The maximum Gasteiger partial charge on any atom is 0.240 e. The van der Waals surface area contributed by atoms with Gasteiger partial charge in [-0.1, -0.05) is 6.07 Å². The van der Waals surface area contributed by atoms with E-state index in [-0.39, 0.29) is 18.3 Å². The summed E-state index contributed by atoms with van der Waals surface area (Å²) in [6, 6.07) is 9.75. The van der Waals surface area contributed by atoms with Crippen LogP contribution >= 0.6 is 11.3 Å². The van der Waals surface area contributed by atoms with Crippen molar-refractivity contribution in [3.63, 3.8) is 0 Å². The molecule has 0 radical (unpaired) electrons. The van der Waals surface area contributed by atoms with Gasteiger partial charge in [0.05, 0.1) is 33.6 Å². The highest BCUT2D eigenvalue weighted by atomic mass is 32.1. The second-order valence-electron chi connectivity index (χ2n) is 6.76. The van der Waals surface area contributed by atoms with E-state index in [0.717, 1.165) is 11.1 Å². The second-order valence-corrected chi connectivity index (χ2v) is 7.62. The summed E-state index contributed by atoms with van der Waals surface area (Å²) in [6.07, 6.45) is 0. The molecule has 0 aliphatic rings. The number of carbonyl (C=O) groups is 1. The number of rotatable bonds is 9. The van der Waals surface area contributed by atoms with Crippen LogP contribution in [-0.4, -0.2) is 50.7 Å². The Kier molecular flexibility index (Phi) is 7.43. The Labute approximate surface area is 184 Å². The van der Waals surface area contributed by atoms with Gasteiger partial charge in [-0.05, 0) is 37.4 Å². The molecule has 0 aliphatic heterocycles. The van der Waals surface area contributed by atoms with Crippen molar-refractivity contribution in [2.45, 2.75) is 6.54 Å². The van der Waals surface area contributed by atoms with E-state index in [1.807, 2.05) is 23.4 Å². The molecule has 9 heteroatoms. The molecule has 0 saturated carbocycles. The topological polar surface area (TPSA) is 72.9 Å². The number of nitrogens with zero attached hydrogens (tertiary/aromatic N) is 2. The van der Waals surface area contributed by atoms with Crippen molar-refractivity contribution in [2.75, 3.05) is 40.2 Å². The minimum Gasteiger partial charge on any atom is -0.493 e. The number of anilines is 1. The van der Waals surface area contributed by atoms with Gasteiger partial charge >= 0.3 is 0 Å². The number of hydrogen-bond donors (Lipinski definition) is 1. The first-order chi connectivity index (χ1) is 14.9. The van der Waals surface area contributed by atoms with Crippen molar-refractivity contribution in [1.82, 2.24) is 9.88 Å². The third-order valence-corrected chi connectivity index (χ3v) is 5.29. The molecule has 164 valence electrons. The Morgan fingerprint density at radius 1 is 1.06 bits per heavy atom. The molecule has 0 spiro atoms. The first-order valence-corrected chi connectivity index (χ1v) is 10.3. The van der Waals surface area contributed by atoms with Gasteiger partial charge in [-0.2, -0.15) is 0 Å². The Hall–Kier alpha value is -3.17. The fraction of sp³-hybridized carbons (Fsp3) is 0.273. The molecule has 3 rings (SSSR count). The van der Waals surface area contributed by atoms with Crippen LogP contribution in [0.5, 0.6) is 17.2 Å². The van der Waals surface area contributed by atoms with Crippen LogP contribution in [0.25, 0.3) is 11.3 Å². The maximum atomic E-state index is 13.1. The van der Waals surface area contributed by atoms with E-state index < -0.39 is 0 Å². The van der Waals surface area contributed by atoms with Crippen molar-refractivity contribution in [1.29, 1.82) is 0 Å². The number of aromatic nitrogens is 1. The van der Waals surface area contributed by atoms with Crippen LogP contribution in [0.3, 0.4) is 0 Å². The van der Waals surface area contributed by atoms with Crippen LogP contribution in [0.4, 0.5) is 9.52 Å². The van der Waals surface area contributed by atoms with Crippen LogP contribution in [0.15, 0.2) is 41.8 Å². The lowest BCUT2D eigenvalue weighted by atomic mass is 10.1. The van der Waals surface area contributed by atoms with Gasteiger partial charge in [-0.15, -0.1) is 11.3 Å². The molecular weight excluding hydrogens is 421 g/mol. The lowest BCUT2D eigenvalue weighted by Gasteiger charge is -2.20. The van der Waals surface area contributed by atoms with Gasteiger partial charge in [0.15, 0.2) is 16.6 Å². The number of amides is 1. The summed E-state index contributed by atoms with van der Waals surface area (Å²) in [5.74, 6) is 1.15. The van der Waals surface area contributed by atoms with E-state index in [2.05, 4.69) is 10.3 Å². The molecule has 1 amide bonds. The molecule has 31 heavy (non-hydrogen) atoms. The van der Waals surface area contributed by atoms with Crippen LogP contribution in [0, 0.1) is 5.82 Å². The lowest BCUT2D eigenvalue weighted by Crippen LogP contribution is -2.30. The number of halogens is 1. The molecule has 0 saturated heterocycles. The summed E-state index contributed by atoms with van der Waals surface area (Å²) in [6.45, 7) is 0.624. The van der Waals surface area contributed by atoms with Gasteiger partial charge < -0.3 is 19.5 Å². The number of carbonyl (C=O) groups excluding carboxylic acids is 1. The van der Waals surface area contributed by atoms with Crippen molar-refractivity contribution < 1.29 is 23.4 Å². The maximum absolute atomic E-state index is 13.1. The van der Waals surface area contributed by atoms with Crippen molar-refractivity contribution in [3.8, 4) is 28.5 Å². The number of methoxy groups -OCH3 is 3. The van der Waals surface area contributed by atoms with Gasteiger partial charge in [0, 0.05) is 23.1 Å². The first-order valence-electron chi connectivity index (χ1n) is 9.42. The number of benzene rings is 2. The van der Waals surface area contributed by atoms with Crippen LogP contribution in [-0.2, 0) is 11.3 Å². The number of hydrogen-bond acceptors (Lipinski definition) is 7. The van der Waals surface area contributed by atoms with E-state index in [9.17, 15) is 9.18 Å². The second kappa shape index (κ2) is 10.2. The highest BCUT2D eigenvalue weighted by Gasteiger charge is 2.18. The third kappa shape index (κ3) is 5.50. The SMILES string of the molecule is COc1ccc(CN(C)CC(=O)Nc2nc(-c3ccc(F)cc3)cs2)c(OC)c1OC. The fourth-order valence-corrected chi connectivity index (χ4v) is 3.86. The Balaban J connectivity index is 1.62. The molecule has 0 atom stereocenters. The molecule has 0 bridgehead atoms. The molecule has 0 unspecified atom stereocenters. The Morgan fingerprint density at radius 2 is 1.77 bits per heavy atom. The van der Waals surface area contributed by atoms with Crippen LogP contribution in [0.2, 0.25) is 0 Å². The zero-order valence-corrected chi connectivity index (χ0v) is 18.6. The van der Waals surface area contributed by atoms with Gasteiger partial charge in [0.2, 0.25) is 11.7 Å². The summed E-state index contributed by atoms with van der Waals surface area (Å²) in [5, 5.41) is 5.11. The zero-order valence-electron chi connectivity index (χ0n) is 17.8. The quantitative estimate of drug-likeness (QED) is 0.536. The van der Waals surface area contributed by atoms with Crippen LogP contribution < -0.4 is 19.5 Å². The van der Waals surface area contributed by atoms with Gasteiger partial charge in [0.1, 0.15) is 5.82 Å². The predicted octanol–water partition coefficient (Wildman–Crippen LogP) is 4.05. The Morgan fingerprint density at radius 3 is 2.42 bits per heavy atom. The Bertz CT molecular complexity index is 1040.